The van der Waals surface area contributed by atoms with Gasteiger partial charge in [0, 0.05) is 44.2 Å². The van der Waals surface area contributed by atoms with Gasteiger partial charge in [-0.05, 0) is 107 Å². The molecular formula is C67H36N10. The molecule has 0 radical (unpaired) electrons. The van der Waals surface area contributed by atoms with Gasteiger partial charge in [-0.1, -0.05) is 133 Å². The summed E-state index contributed by atoms with van der Waals surface area (Å²) in [6.45, 7) is 0. The number of aromatic nitrogens is 5. The number of hydrogen-bond donors (Lipinski definition) is 0. The van der Waals surface area contributed by atoms with Gasteiger partial charge >= 0.3 is 0 Å². The van der Waals surface area contributed by atoms with Crippen LogP contribution in [0.4, 0.5) is 0 Å². The van der Waals surface area contributed by atoms with Gasteiger partial charge in [-0.25, -0.2) is 19.9 Å². The maximum atomic E-state index is 11.1. The molecule has 0 aliphatic heterocycles. The average molecular weight is 981 g/mol. The van der Waals surface area contributed by atoms with E-state index in [-0.39, 0.29) is 0 Å². The molecule has 77 heavy (non-hydrogen) atoms. The molecule has 3 heterocycles. The summed E-state index contributed by atoms with van der Waals surface area (Å²) in [5.41, 5.74) is 13.9. The lowest BCUT2D eigenvalue weighted by Crippen LogP contribution is -2.05. The fourth-order valence-corrected chi connectivity index (χ4v) is 9.92. The van der Waals surface area contributed by atoms with Gasteiger partial charge in [-0.3, -0.25) is 0 Å². The standard InChI is InChI=1S/C67H36N10/c68-37-42-25-43(38-69)28-53(27-42)51-21-23-63-55(33-51)56-34-52(54-29-44(39-70)26-45(30-54)40-71)22-24-64(56)77(63)65-57(61-35-59(47-13-5-1-6-14-47)73-66(75-61)49-17-9-3-10-18-49)31-46(41-72)32-58(65)62-36-60(48-15-7-2-8-16-48)74-67(76-62)50-19-11-4-12-20-50/h1-36H. The first-order valence-corrected chi connectivity index (χ1v) is 24.5. The second kappa shape index (κ2) is 19.8. The van der Waals surface area contributed by atoms with Gasteiger partial charge in [0.1, 0.15) is 0 Å². The SMILES string of the molecule is N#Cc1cc(C#N)cc(-c2ccc3c(c2)c2cc(-c4cc(C#N)cc(C#N)c4)ccc2n3-c2c(-c3cc(-c4ccccc4)nc(-c4ccccc4)n3)cc(C#N)cc2-c2cc(-c3ccccc3)nc(-c3ccccc3)n2)c1. The average Bonchev–Trinajstić information content (AvgIpc) is 4.06. The van der Waals surface area contributed by atoms with Gasteiger partial charge in [-0.15, -0.1) is 0 Å². The monoisotopic (exact) mass is 980 g/mol. The first-order chi connectivity index (χ1) is 37.9. The largest absolute Gasteiger partial charge is 0.308 e. The Labute approximate surface area is 442 Å². The first kappa shape index (κ1) is 46.5. The lowest BCUT2D eigenvalue weighted by Gasteiger charge is -2.20. The van der Waals surface area contributed by atoms with E-state index in [1.54, 1.807) is 36.4 Å². The molecule has 12 aromatic rings. The van der Waals surface area contributed by atoms with Crippen molar-refractivity contribution in [1.29, 1.82) is 26.3 Å². The summed E-state index contributed by atoms with van der Waals surface area (Å²) in [6, 6.07) is 80.8. The molecule has 0 atom stereocenters. The molecule has 0 saturated carbocycles. The van der Waals surface area contributed by atoms with E-state index in [0.717, 1.165) is 55.2 Å². The molecular weight excluding hydrogens is 945 g/mol. The predicted molar refractivity (Wildman–Crippen MR) is 299 cm³/mol. The van der Waals surface area contributed by atoms with E-state index in [9.17, 15) is 26.3 Å². The van der Waals surface area contributed by atoms with Crippen LogP contribution in [0, 0.1) is 56.7 Å². The summed E-state index contributed by atoms with van der Waals surface area (Å²) in [6.07, 6.45) is 0. The van der Waals surface area contributed by atoms with Crippen molar-refractivity contribution >= 4 is 21.8 Å². The highest BCUT2D eigenvalue weighted by Gasteiger charge is 2.26. The molecule has 0 fully saturated rings. The molecule has 12 rings (SSSR count). The van der Waals surface area contributed by atoms with E-state index < -0.39 is 0 Å². The number of nitrogens with zero attached hydrogens (tertiary/aromatic N) is 10. The Balaban J connectivity index is 1.24. The second-order valence-corrected chi connectivity index (χ2v) is 18.3. The fraction of sp³-hybridized carbons (Fsp3) is 0. The molecule has 10 heteroatoms. The predicted octanol–water partition coefficient (Wildman–Crippen LogP) is 15.1. The molecule has 0 unspecified atom stereocenters. The number of rotatable bonds is 9. The van der Waals surface area contributed by atoms with Crippen molar-refractivity contribution in [3.63, 3.8) is 0 Å². The van der Waals surface area contributed by atoms with Crippen molar-refractivity contribution in [2.24, 2.45) is 0 Å². The van der Waals surface area contributed by atoms with Crippen LogP contribution in [0.3, 0.4) is 0 Å². The van der Waals surface area contributed by atoms with Crippen LogP contribution in [0.25, 0.3) is 118 Å². The molecule has 0 aliphatic rings. The van der Waals surface area contributed by atoms with Crippen molar-refractivity contribution in [2.75, 3.05) is 0 Å². The number of hydrogen-bond acceptors (Lipinski definition) is 9. The highest BCUT2D eigenvalue weighted by atomic mass is 15.0. The summed E-state index contributed by atoms with van der Waals surface area (Å²) in [7, 11) is 0. The molecule has 0 bridgehead atoms. The molecule has 0 amide bonds. The number of fused-ring (bicyclic) bond motifs is 3. The van der Waals surface area contributed by atoms with Gasteiger partial charge in [-0.2, -0.15) is 26.3 Å². The zero-order valence-electron chi connectivity index (χ0n) is 40.8. The van der Waals surface area contributed by atoms with E-state index in [4.69, 9.17) is 19.9 Å². The first-order valence-electron chi connectivity index (χ1n) is 24.5. The minimum Gasteiger partial charge on any atom is -0.308 e. The van der Waals surface area contributed by atoms with Crippen LogP contribution in [-0.2, 0) is 0 Å². The smallest absolute Gasteiger partial charge is 0.160 e. The van der Waals surface area contributed by atoms with Crippen LogP contribution in [0.5, 0.6) is 0 Å². The Kier molecular flexibility index (Phi) is 11.9. The van der Waals surface area contributed by atoms with Gasteiger partial charge in [0.2, 0.25) is 0 Å². The summed E-state index contributed by atoms with van der Waals surface area (Å²) in [4.78, 5) is 21.0. The summed E-state index contributed by atoms with van der Waals surface area (Å²) in [5.74, 6) is 0.974. The minimum atomic E-state index is 0.352. The van der Waals surface area contributed by atoms with E-state index in [1.165, 1.54) is 0 Å². The zero-order valence-corrected chi connectivity index (χ0v) is 40.8. The Morgan fingerprint density at radius 1 is 0.273 bits per heavy atom. The third-order valence-corrected chi connectivity index (χ3v) is 13.5. The van der Waals surface area contributed by atoms with Crippen molar-refractivity contribution in [3.05, 3.63) is 246 Å². The molecule has 0 spiro atoms. The molecule has 354 valence electrons. The van der Waals surface area contributed by atoms with Crippen molar-refractivity contribution in [3.8, 4) is 126 Å². The summed E-state index contributed by atoms with van der Waals surface area (Å²) >= 11 is 0. The van der Waals surface area contributed by atoms with E-state index in [0.29, 0.717) is 90.2 Å². The summed E-state index contributed by atoms with van der Waals surface area (Å²) < 4.78 is 2.18. The van der Waals surface area contributed by atoms with Crippen LogP contribution in [0.1, 0.15) is 27.8 Å². The van der Waals surface area contributed by atoms with Crippen LogP contribution >= 0.6 is 0 Å². The van der Waals surface area contributed by atoms with Crippen molar-refractivity contribution in [1.82, 2.24) is 24.5 Å². The van der Waals surface area contributed by atoms with Crippen LogP contribution < -0.4 is 0 Å². The normalized spacial score (nSPS) is 10.8. The molecule has 0 saturated heterocycles. The van der Waals surface area contributed by atoms with Gasteiger partial charge in [0.25, 0.3) is 0 Å². The third kappa shape index (κ3) is 8.84. The number of benzene rings is 9. The lowest BCUT2D eigenvalue weighted by atomic mass is 9.95. The Morgan fingerprint density at radius 2 is 0.597 bits per heavy atom. The van der Waals surface area contributed by atoms with E-state index in [2.05, 4.69) is 47.0 Å². The molecule has 3 aromatic heterocycles. The minimum absolute atomic E-state index is 0.352. The maximum Gasteiger partial charge on any atom is 0.160 e. The molecule has 0 N–H and O–H groups in total. The van der Waals surface area contributed by atoms with Crippen LogP contribution in [0.2, 0.25) is 0 Å². The van der Waals surface area contributed by atoms with Gasteiger partial charge in [0.15, 0.2) is 11.6 Å². The van der Waals surface area contributed by atoms with E-state index in [1.807, 2.05) is 170 Å². The fourth-order valence-electron chi connectivity index (χ4n) is 9.92. The van der Waals surface area contributed by atoms with Crippen molar-refractivity contribution in [2.45, 2.75) is 0 Å². The van der Waals surface area contributed by atoms with Gasteiger partial charge in [0.05, 0.1) is 97.7 Å². The number of nitriles is 5. The van der Waals surface area contributed by atoms with E-state index >= 15 is 0 Å². The highest BCUT2D eigenvalue weighted by Crippen LogP contribution is 2.45. The lowest BCUT2D eigenvalue weighted by molar-refractivity contribution is 1.14. The molecule has 9 aromatic carbocycles. The van der Waals surface area contributed by atoms with Crippen LogP contribution in [0.15, 0.2) is 218 Å². The van der Waals surface area contributed by atoms with Gasteiger partial charge < -0.3 is 4.57 Å². The Bertz CT molecular complexity index is 4090. The second-order valence-electron chi connectivity index (χ2n) is 18.3. The third-order valence-electron chi connectivity index (χ3n) is 13.5. The maximum absolute atomic E-state index is 11.1. The summed E-state index contributed by atoms with van der Waals surface area (Å²) in [5, 5.41) is 52.9. The van der Waals surface area contributed by atoms with Crippen molar-refractivity contribution < 1.29 is 0 Å². The Hall–Kier alpha value is -11.6. The highest BCUT2D eigenvalue weighted by molar-refractivity contribution is 6.13. The topological polar surface area (TPSA) is 175 Å². The Morgan fingerprint density at radius 3 is 0.948 bits per heavy atom. The molecule has 10 nitrogen and oxygen atoms in total. The zero-order chi connectivity index (χ0) is 52.4. The molecule has 0 aliphatic carbocycles. The quantitative estimate of drug-likeness (QED) is 0.136. The van der Waals surface area contributed by atoms with Crippen LogP contribution in [-0.4, -0.2) is 24.5 Å².